The van der Waals surface area contributed by atoms with Gasteiger partial charge in [-0.2, -0.15) is 0 Å². The van der Waals surface area contributed by atoms with Crippen LogP contribution in [0.25, 0.3) is 11.5 Å². The molecule has 0 spiro atoms. The number of nitrogens with one attached hydrogen (secondary N) is 1. The van der Waals surface area contributed by atoms with Gasteiger partial charge in [-0.3, -0.25) is 4.79 Å². The van der Waals surface area contributed by atoms with Gasteiger partial charge in [0.2, 0.25) is 5.76 Å². The van der Waals surface area contributed by atoms with Crippen LogP contribution in [0.4, 0.5) is 5.13 Å². The second-order valence-electron chi connectivity index (χ2n) is 5.60. The maximum atomic E-state index is 12.3. The Bertz CT molecular complexity index is 789. The number of nitrogens with zero attached hydrogens (tertiary/aromatic N) is 3. The molecule has 0 unspecified atom stereocenters. The molecule has 124 valence electrons. The Morgan fingerprint density at radius 3 is 2.92 bits per heavy atom. The van der Waals surface area contributed by atoms with Crippen LogP contribution >= 0.6 is 11.3 Å². The van der Waals surface area contributed by atoms with Crippen molar-refractivity contribution < 1.29 is 13.7 Å². The fraction of sp³-hybridized carbons (Fsp3) is 0.312. The molecule has 0 aliphatic carbocycles. The lowest BCUT2D eigenvalue weighted by molar-refractivity contribution is 0.0922. The third-order valence-corrected chi connectivity index (χ3v) is 4.86. The lowest BCUT2D eigenvalue weighted by Gasteiger charge is -2.31. The fourth-order valence-corrected chi connectivity index (χ4v) is 3.46. The molecule has 1 saturated heterocycles. The summed E-state index contributed by atoms with van der Waals surface area (Å²) in [4.78, 5) is 18.9. The minimum atomic E-state index is -0.218. The molecule has 0 radical (unpaired) electrons. The molecule has 1 fully saturated rings. The topological polar surface area (TPSA) is 84.4 Å². The van der Waals surface area contributed by atoms with Crippen LogP contribution in [0.3, 0.4) is 0 Å². The van der Waals surface area contributed by atoms with Crippen LogP contribution in [0, 0.1) is 0 Å². The molecule has 0 atom stereocenters. The molecule has 8 heteroatoms. The van der Waals surface area contributed by atoms with Gasteiger partial charge in [0.25, 0.3) is 5.91 Å². The van der Waals surface area contributed by atoms with Gasteiger partial charge < -0.3 is 19.2 Å². The summed E-state index contributed by atoms with van der Waals surface area (Å²) < 4.78 is 10.4. The zero-order chi connectivity index (χ0) is 16.4. The molecule has 24 heavy (non-hydrogen) atoms. The number of rotatable bonds is 4. The van der Waals surface area contributed by atoms with E-state index in [0.717, 1.165) is 31.1 Å². The highest BCUT2D eigenvalue weighted by molar-refractivity contribution is 7.13. The van der Waals surface area contributed by atoms with E-state index in [0.29, 0.717) is 11.5 Å². The van der Waals surface area contributed by atoms with E-state index in [-0.39, 0.29) is 17.6 Å². The summed E-state index contributed by atoms with van der Waals surface area (Å²) in [6.07, 6.45) is 5.13. The number of furan rings is 1. The standard InChI is InChI=1S/C16H16N4O3S/c21-15(12-10-14(23-19-12)13-2-1-8-22-13)18-11-3-6-20(7-4-11)16-17-5-9-24-16/h1-2,5,8-11H,3-4,6-7H2,(H,18,21). The first-order valence-corrected chi connectivity index (χ1v) is 8.63. The van der Waals surface area contributed by atoms with Crippen molar-refractivity contribution >= 4 is 22.4 Å². The van der Waals surface area contributed by atoms with E-state index in [9.17, 15) is 4.79 Å². The molecule has 3 aromatic rings. The smallest absolute Gasteiger partial charge is 0.273 e. The van der Waals surface area contributed by atoms with Gasteiger partial charge >= 0.3 is 0 Å². The molecule has 1 aliphatic heterocycles. The molecule has 1 aliphatic rings. The normalized spacial score (nSPS) is 15.6. The third kappa shape index (κ3) is 3.05. The second kappa shape index (κ2) is 6.48. The highest BCUT2D eigenvalue weighted by Crippen LogP contribution is 2.23. The minimum Gasteiger partial charge on any atom is -0.461 e. The Labute approximate surface area is 142 Å². The highest BCUT2D eigenvalue weighted by atomic mass is 32.1. The summed E-state index contributed by atoms with van der Waals surface area (Å²) in [7, 11) is 0. The highest BCUT2D eigenvalue weighted by Gasteiger charge is 2.24. The molecule has 4 heterocycles. The molecular formula is C16H16N4O3S. The average Bonchev–Trinajstić information content (AvgIpc) is 3.35. The van der Waals surface area contributed by atoms with Crippen LogP contribution in [0.2, 0.25) is 0 Å². The van der Waals surface area contributed by atoms with Crippen molar-refractivity contribution in [2.75, 3.05) is 18.0 Å². The average molecular weight is 344 g/mol. The van der Waals surface area contributed by atoms with E-state index in [4.69, 9.17) is 8.94 Å². The molecule has 0 bridgehead atoms. The van der Waals surface area contributed by atoms with Gasteiger partial charge in [0.1, 0.15) is 0 Å². The summed E-state index contributed by atoms with van der Waals surface area (Å²) in [5, 5.41) is 9.87. The van der Waals surface area contributed by atoms with Crippen LogP contribution in [0.1, 0.15) is 23.3 Å². The summed E-state index contributed by atoms with van der Waals surface area (Å²) in [6.45, 7) is 1.77. The van der Waals surface area contributed by atoms with Crippen molar-refractivity contribution in [1.82, 2.24) is 15.5 Å². The van der Waals surface area contributed by atoms with Crippen molar-refractivity contribution in [2.24, 2.45) is 0 Å². The quantitative estimate of drug-likeness (QED) is 0.783. The van der Waals surface area contributed by atoms with Gasteiger partial charge in [-0.1, -0.05) is 5.16 Å². The number of anilines is 1. The molecule has 1 N–H and O–H groups in total. The lowest BCUT2D eigenvalue weighted by Crippen LogP contribution is -2.44. The SMILES string of the molecule is O=C(NC1CCN(c2nccs2)CC1)c1cc(-c2ccco2)on1. The van der Waals surface area contributed by atoms with Crippen molar-refractivity contribution in [3.63, 3.8) is 0 Å². The van der Waals surface area contributed by atoms with Crippen molar-refractivity contribution in [2.45, 2.75) is 18.9 Å². The summed E-state index contributed by atoms with van der Waals surface area (Å²) in [6, 6.07) is 5.25. The van der Waals surface area contributed by atoms with Gasteiger partial charge in [-0.25, -0.2) is 4.98 Å². The number of thiazole rings is 1. The maximum absolute atomic E-state index is 12.3. The Morgan fingerprint density at radius 2 is 2.21 bits per heavy atom. The van der Waals surface area contributed by atoms with Crippen molar-refractivity contribution in [3.05, 3.63) is 41.7 Å². The minimum absolute atomic E-state index is 0.137. The molecule has 1 amide bonds. The van der Waals surface area contributed by atoms with E-state index in [1.165, 1.54) is 0 Å². The number of hydrogen-bond acceptors (Lipinski definition) is 7. The van der Waals surface area contributed by atoms with Crippen LogP contribution in [0.15, 0.2) is 45.0 Å². The summed E-state index contributed by atoms with van der Waals surface area (Å²) >= 11 is 1.64. The van der Waals surface area contributed by atoms with E-state index in [1.807, 2.05) is 11.6 Å². The van der Waals surface area contributed by atoms with Gasteiger partial charge in [0.15, 0.2) is 16.6 Å². The van der Waals surface area contributed by atoms with Gasteiger partial charge in [0.05, 0.1) is 6.26 Å². The number of aromatic nitrogens is 2. The van der Waals surface area contributed by atoms with Crippen LogP contribution in [-0.2, 0) is 0 Å². The Kier molecular flexibility index (Phi) is 4.04. The first kappa shape index (κ1) is 14.9. The van der Waals surface area contributed by atoms with Gasteiger partial charge in [-0.15, -0.1) is 11.3 Å². The van der Waals surface area contributed by atoms with Crippen LogP contribution in [-0.4, -0.2) is 35.2 Å². The molecule has 0 saturated carbocycles. The molecule has 0 aromatic carbocycles. The number of carbonyl (C=O) groups is 1. The third-order valence-electron chi connectivity index (χ3n) is 4.03. The first-order chi connectivity index (χ1) is 11.8. The molecular weight excluding hydrogens is 328 g/mol. The van der Waals surface area contributed by atoms with Crippen molar-refractivity contribution in [1.29, 1.82) is 0 Å². The fourth-order valence-electron chi connectivity index (χ4n) is 2.76. The van der Waals surface area contributed by atoms with Crippen molar-refractivity contribution in [3.8, 4) is 11.5 Å². The largest absolute Gasteiger partial charge is 0.461 e. The molecule has 7 nitrogen and oxygen atoms in total. The van der Waals surface area contributed by atoms with E-state index in [1.54, 1.807) is 35.8 Å². The summed E-state index contributed by atoms with van der Waals surface area (Å²) in [5.41, 5.74) is 0.267. The first-order valence-electron chi connectivity index (χ1n) is 7.75. The monoisotopic (exact) mass is 344 g/mol. The summed E-state index contributed by atoms with van der Waals surface area (Å²) in [5.74, 6) is 0.784. The van der Waals surface area contributed by atoms with Crippen LogP contribution in [0.5, 0.6) is 0 Å². The van der Waals surface area contributed by atoms with E-state index in [2.05, 4.69) is 20.4 Å². The van der Waals surface area contributed by atoms with Crippen LogP contribution < -0.4 is 10.2 Å². The zero-order valence-corrected chi connectivity index (χ0v) is 13.7. The Hall–Kier alpha value is -2.61. The number of amides is 1. The molecule has 3 aromatic heterocycles. The maximum Gasteiger partial charge on any atom is 0.273 e. The number of carbonyl (C=O) groups excluding carboxylic acids is 1. The Balaban J connectivity index is 1.34. The molecule has 4 rings (SSSR count). The second-order valence-corrected chi connectivity index (χ2v) is 6.48. The predicted octanol–water partition coefficient (Wildman–Crippen LogP) is 2.79. The zero-order valence-electron chi connectivity index (χ0n) is 12.8. The van der Waals surface area contributed by atoms with E-state index >= 15 is 0 Å². The lowest BCUT2D eigenvalue weighted by atomic mass is 10.1. The van der Waals surface area contributed by atoms with E-state index < -0.39 is 0 Å². The number of hydrogen-bond donors (Lipinski definition) is 1. The predicted molar refractivity (Wildman–Crippen MR) is 89.0 cm³/mol. The Morgan fingerprint density at radius 1 is 1.33 bits per heavy atom. The van der Waals surface area contributed by atoms with Gasteiger partial charge in [-0.05, 0) is 25.0 Å². The van der Waals surface area contributed by atoms with Gasteiger partial charge in [0, 0.05) is 36.8 Å². The number of piperidine rings is 1.